The van der Waals surface area contributed by atoms with Crippen LogP contribution in [0.25, 0.3) is 0 Å². The number of benzene rings is 1. The molecule has 1 aliphatic rings. The first kappa shape index (κ1) is 11.1. The molecule has 0 saturated heterocycles. The molecule has 1 saturated carbocycles. The van der Waals surface area contributed by atoms with Crippen molar-refractivity contribution in [3.63, 3.8) is 0 Å². The quantitative estimate of drug-likeness (QED) is 0.813. The summed E-state index contributed by atoms with van der Waals surface area (Å²) in [6.45, 7) is 0. The van der Waals surface area contributed by atoms with Crippen molar-refractivity contribution < 1.29 is 9.18 Å². The summed E-state index contributed by atoms with van der Waals surface area (Å²) in [5.41, 5.74) is 0.728. The van der Waals surface area contributed by atoms with Crippen molar-refractivity contribution in [2.45, 2.75) is 31.9 Å². The van der Waals surface area contributed by atoms with Crippen LogP contribution in [-0.4, -0.2) is 12.1 Å². The second-order valence-electron chi connectivity index (χ2n) is 4.39. The number of nitrogens with one attached hydrogen (secondary N) is 1. The van der Waals surface area contributed by atoms with Gasteiger partial charge in [0.1, 0.15) is 6.17 Å². The second-order valence-corrected chi connectivity index (χ2v) is 4.39. The van der Waals surface area contributed by atoms with E-state index in [0.29, 0.717) is 12.3 Å². The van der Waals surface area contributed by atoms with Crippen molar-refractivity contribution in [2.75, 3.05) is 5.32 Å². The summed E-state index contributed by atoms with van der Waals surface area (Å²) >= 11 is 0. The lowest BCUT2D eigenvalue weighted by Crippen LogP contribution is -2.17. The molecule has 0 aliphatic heterocycles. The summed E-state index contributed by atoms with van der Waals surface area (Å²) in [6, 6.07) is 9.15. The van der Waals surface area contributed by atoms with Crippen LogP contribution < -0.4 is 5.32 Å². The predicted octanol–water partition coefficient (Wildman–Crippen LogP) is 3.15. The third kappa shape index (κ3) is 3.65. The second kappa shape index (κ2) is 5.10. The van der Waals surface area contributed by atoms with Gasteiger partial charge in [-0.05, 0) is 24.5 Å². The highest BCUT2D eigenvalue weighted by Gasteiger charge is 2.26. The van der Waals surface area contributed by atoms with E-state index < -0.39 is 6.17 Å². The van der Waals surface area contributed by atoms with Crippen molar-refractivity contribution in [1.29, 1.82) is 0 Å². The fourth-order valence-corrected chi connectivity index (χ4v) is 1.73. The van der Waals surface area contributed by atoms with E-state index in [0.717, 1.165) is 18.5 Å². The van der Waals surface area contributed by atoms with Gasteiger partial charge in [-0.2, -0.15) is 0 Å². The van der Waals surface area contributed by atoms with Crippen LogP contribution in [0, 0.1) is 5.92 Å². The summed E-state index contributed by atoms with van der Waals surface area (Å²) in [7, 11) is 0. The molecule has 1 aliphatic carbocycles. The number of carbonyl (C=O) groups excluding carboxylic acids is 1. The molecule has 3 heteroatoms. The summed E-state index contributed by atoms with van der Waals surface area (Å²) in [5.74, 6) is 0.291. The van der Waals surface area contributed by atoms with Crippen LogP contribution in [-0.2, 0) is 4.79 Å². The van der Waals surface area contributed by atoms with Crippen LogP contribution >= 0.6 is 0 Å². The van der Waals surface area contributed by atoms with E-state index >= 15 is 0 Å². The van der Waals surface area contributed by atoms with Gasteiger partial charge in [-0.15, -0.1) is 0 Å². The molecule has 1 atom stereocenters. The Morgan fingerprint density at radius 2 is 2.06 bits per heavy atom. The zero-order valence-corrected chi connectivity index (χ0v) is 9.16. The summed E-state index contributed by atoms with van der Waals surface area (Å²) in [6.07, 6.45) is 1.78. The fourth-order valence-electron chi connectivity index (χ4n) is 1.73. The Bertz CT molecular complexity index is 348. The smallest absolute Gasteiger partial charge is 0.227 e. The minimum atomic E-state index is -0.990. The van der Waals surface area contributed by atoms with Gasteiger partial charge in [0.15, 0.2) is 0 Å². The molecular formula is C13H16FNO. The van der Waals surface area contributed by atoms with Gasteiger partial charge in [0, 0.05) is 5.69 Å². The van der Waals surface area contributed by atoms with Crippen LogP contribution in [0.3, 0.4) is 0 Å². The van der Waals surface area contributed by atoms with Gasteiger partial charge < -0.3 is 5.32 Å². The predicted molar refractivity (Wildman–Crippen MR) is 61.9 cm³/mol. The SMILES string of the molecule is O=C(C[C@@H](F)CC1CC1)Nc1ccccc1. The number of rotatable bonds is 5. The number of hydrogen-bond acceptors (Lipinski definition) is 1. The number of halogens is 1. The Morgan fingerprint density at radius 1 is 1.38 bits per heavy atom. The third-order valence-corrected chi connectivity index (χ3v) is 2.75. The zero-order chi connectivity index (χ0) is 11.4. The largest absolute Gasteiger partial charge is 0.326 e. The molecule has 0 aromatic heterocycles. The average molecular weight is 221 g/mol. The normalized spacial score (nSPS) is 16.8. The van der Waals surface area contributed by atoms with Gasteiger partial charge in [0.05, 0.1) is 6.42 Å². The lowest BCUT2D eigenvalue weighted by molar-refractivity contribution is -0.117. The van der Waals surface area contributed by atoms with Crippen molar-refractivity contribution in [3.8, 4) is 0 Å². The van der Waals surface area contributed by atoms with E-state index in [4.69, 9.17) is 0 Å². The van der Waals surface area contributed by atoms with Gasteiger partial charge in [0.25, 0.3) is 0 Å². The van der Waals surface area contributed by atoms with Crippen LogP contribution in [0.1, 0.15) is 25.7 Å². The molecule has 0 spiro atoms. The molecule has 0 heterocycles. The monoisotopic (exact) mass is 221 g/mol. The fraction of sp³-hybridized carbons (Fsp3) is 0.462. The highest BCUT2D eigenvalue weighted by molar-refractivity contribution is 5.90. The molecule has 1 N–H and O–H groups in total. The number of hydrogen-bond donors (Lipinski definition) is 1. The van der Waals surface area contributed by atoms with Crippen molar-refractivity contribution in [3.05, 3.63) is 30.3 Å². The molecule has 0 bridgehead atoms. The lowest BCUT2D eigenvalue weighted by Gasteiger charge is -2.08. The molecule has 2 rings (SSSR count). The van der Waals surface area contributed by atoms with Gasteiger partial charge >= 0.3 is 0 Å². The highest BCUT2D eigenvalue weighted by Crippen LogP contribution is 2.34. The van der Waals surface area contributed by atoms with E-state index in [9.17, 15) is 9.18 Å². The Morgan fingerprint density at radius 3 is 2.69 bits per heavy atom. The van der Waals surface area contributed by atoms with Gasteiger partial charge in [-0.3, -0.25) is 4.79 Å². The van der Waals surface area contributed by atoms with E-state index in [1.165, 1.54) is 0 Å². The number of alkyl halides is 1. The highest BCUT2D eigenvalue weighted by atomic mass is 19.1. The minimum Gasteiger partial charge on any atom is -0.326 e. The number of anilines is 1. The van der Waals surface area contributed by atoms with Crippen LogP contribution in [0.15, 0.2) is 30.3 Å². The molecule has 1 aromatic carbocycles. The molecule has 0 radical (unpaired) electrons. The standard InChI is InChI=1S/C13H16FNO/c14-11(8-10-6-7-10)9-13(16)15-12-4-2-1-3-5-12/h1-5,10-11H,6-9H2,(H,15,16)/t11-/m0/s1. The van der Waals surface area contributed by atoms with Crippen molar-refractivity contribution >= 4 is 11.6 Å². The number of para-hydroxylation sites is 1. The molecule has 1 amide bonds. The summed E-state index contributed by atoms with van der Waals surface area (Å²) < 4.78 is 13.4. The molecule has 2 nitrogen and oxygen atoms in total. The molecule has 16 heavy (non-hydrogen) atoms. The van der Waals surface area contributed by atoms with E-state index in [2.05, 4.69) is 5.32 Å². The lowest BCUT2D eigenvalue weighted by atomic mass is 10.1. The molecule has 1 aromatic rings. The van der Waals surface area contributed by atoms with Crippen LogP contribution in [0.2, 0.25) is 0 Å². The van der Waals surface area contributed by atoms with Crippen molar-refractivity contribution in [2.24, 2.45) is 5.92 Å². The molecule has 86 valence electrons. The Kier molecular flexibility index (Phi) is 3.54. The number of amides is 1. The maximum atomic E-state index is 13.4. The van der Waals surface area contributed by atoms with Gasteiger partial charge in [0.2, 0.25) is 5.91 Å². The first-order valence-corrected chi connectivity index (χ1v) is 5.73. The maximum absolute atomic E-state index is 13.4. The Hall–Kier alpha value is -1.38. The van der Waals surface area contributed by atoms with E-state index in [1.807, 2.05) is 18.2 Å². The van der Waals surface area contributed by atoms with Crippen LogP contribution in [0.4, 0.5) is 10.1 Å². The molecular weight excluding hydrogens is 205 g/mol. The maximum Gasteiger partial charge on any atom is 0.227 e. The first-order chi connectivity index (χ1) is 7.74. The molecule has 1 fully saturated rings. The summed E-state index contributed by atoms with van der Waals surface area (Å²) in [4.78, 5) is 11.5. The van der Waals surface area contributed by atoms with E-state index in [1.54, 1.807) is 12.1 Å². The van der Waals surface area contributed by atoms with Crippen molar-refractivity contribution in [1.82, 2.24) is 0 Å². The number of carbonyl (C=O) groups is 1. The Balaban J connectivity index is 1.75. The Labute approximate surface area is 94.9 Å². The van der Waals surface area contributed by atoms with Crippen LogP contribution in [0.5, 0.6) is 0 Å². The third-order valence-electron chi connectivity index (χ3n) is 2.75. The first-order valence-electron chi connectivity index (χ1n) is 5.73. The average Bonchev–Trinajstić information content (AvgIpc) is 3.02. The molecule has 0 unspecified atom stereocenters. The zero-order valence-electron chi connectivity index (χ0n) is 9.16. The van der Waals surface area contributed by atoms with Gasteiger partial charge in [-0.1, -0.05) is 31.0 Å². The van der Waals surface area contributed by atoms with E-state index in [-0.39, 0.29) is 12.3 Å². The van der Waals surface area contributed by atoms with Gasteiger partial charge in [-0.25, -0.2) is 4.39 Å². The minimum absolute atomic E-state index is 0.0224. The topological polar surface area (TPSA) is 29.1 Å². The summed E-state index contributed by atoms with van der Waals surface area (Å²) in [5, 5.41) is 2.69.